The molecule has 0 radical (unpaired) electrons. The van der Waals surface area contributed by atoms with Crippen LogP contribution in [0.2, 0.25) is 5.02 Å². The number of hydrogen-bond acceptors (Lipinski definition) is 7. The van der Waals surface area contributed by atoms with Crippen LogP contribution in [0, 0.1) is 0 Å². The zero-order valence-electron chi connectivity index (χ0n) is 33.8. The van der Waals surface area contributed by atoms with Gasteiger partial charge in [-0.2, -0.15) is 0 Å². The van der Waals surface area contributed by atoms with Crippen molar-refractivity contribution in [1.82, 2.24) is 0 Å². The molecule has 5 atom stereocenters. The van der Waals surface area contributed by atoms with E-state index in [1.165, 1.54) is 5.56 Å². The van der Waals surface area contributed by atoms with Crippen LogP contribution in [0.25, 0.3) is 0 Å². The van der Waals surface area contributed by atoms with Crippen molar-refractivity contribution >= 4 is 27.5 Å². The molecule has 0 saturated carbocycles. The summed E-state index contributed by atoms with van der Waals surface area (Å²) in [6, 6.07) is 51.0. The average molecular weight is 892 g/mol. The SMILES string of the molecule is CCc1ccc(Cc2cc(C3O[C@H](COCc4ccccc4)[C@@H](OCc4ccccc4)[C@H](OCc4ccccc4)[C@H]3OCc3ccccc3)c(OCCO)c(Br)c2Cl)cc1. The van der Waals surface area contributed by atoms with Crippen LogP contribution in [-0.2, 0) is 63.0 Å². The van der Waals surface area contributed by atoms with E-state index in [4.69, 9.17) is 40.0 Å². The molecule has 9 heteroatoms. The molecule has 0 bridgehead atoms. The molecule has 0 spiro atoms. The maximum absolute atomic E-state index is 10.0. The zero-order chi connectivity index (χ0) is 41.5. The van der Waals surface area contributed by atoms with Crippen molar-refractivity contribution in [1.29, 1.82) is 0 Å². The van der Waals surface area contributed by atoms with Gasteiger partial charge >= 0.3 is 0 Å². The maximum Gasteiger partial charge on any atom is 0.141 e. The van der Waals surface area contributed by atoms with E-state index < -0.39 is 30.5 Å². The lowest BCUT2D eigenvalue weighted by molar-refractivity contribution is -0.275. The molecule has 6 aromatic rings. The summed E-state index contributed by atoms with van der Waals surface area (Å²) >= 11 is 11.0. The average Bonchev–Trinajstić information content (AvgIpc) is 3.30. The molecule has 1 N–H and O–H groups in total. The summed E-state index contributed by atoms with van der Waals surface area (Å²) in [7, 11) is 0. The highest BCUT2D eigenvalue weighted by molar-refractivity contribution is 9.10. The molecule has 1 aliphatic heterocycles. The molecular formula is C51H52BrClO7. The van der Waals surface area contributed by atoms with E-state index in [0.29, 0.717) is 47.0 Å². The number of rotatable bonds is 20. The van der Waals surface area contributed by atoms with Crippen LogP contribution in [0.5, 0.6) is 5.75 Å². The van der Waals surface area contributed by atoms with E-state index in [1.54, 1.807) is 0 Å². The first-order valence-corrected chi connectivity index (χ1v) is 21.7. The van der Waals surface area contributed by atoms with Gasteiger partial charge in [-0.15, -0.1) is 0 Å². The molecule has 0 aliphatic carbocycles. The second-order valence-electron chi connectivity index (χ2n) is 14.9. The largest absolute Gasteiger partial charge is 0.490 e. The van der Waals surface area contributed by atoms with Gasteiger partial charge in [0.05, 0.1) is 49.1 Å². The molecule has 60 heavy (non-hydrogen) atoms. The number of aliphatic hydroxyl groups excluding tert-OH is 1. The molecule has 1 saturated heterocycles. The normalized spacial score (nSPS) is 19.0. The van der Waals surface area contributed by atoms with Crippen LogP contribution in [0.4, 0.5) is 0 Å². The summed E-state index contributed by atoms with van der Waals surface area (Å²) in [5.74, 6) is 0.465. The van der Waals surface area contributed by atoms with Crippen molar-refractivity contribution in [2.75, 3.05) is 19.8 Å². The minimum absolute atomic E-state index is 0.0440. The number of benzene rings is 6. The third-order valence-corrected chi connectivity index (χ3v) is 12.0. The van der Waals surface area contributed by atoms with E-state index >= 15 is 0 Å². The molecule has 1 fully saturated rings. The van der Waals surface area contributed by atoms with Crippen LogP contribution in [0.3, 0.4) is 0 Å². The van der Waals surface area contributed by atoms with Gasteiger partial charge in [-0.25, -0.2) is 0 Å². The van der Waals surface area contributed by atoms with Gasteiger partial charge in [0.15, 0.2) is 0 Å². The number of halogens is 2. The van der Waals surface area contributed by atoms with Gasteiger partial charge in [0.25, 0.3) is 0 Å². The first kappa shape index (κ1) is 43.7. The number of hydrogen-bond donors (Lipinski definition) is 1. The quantitative estimate of drug-likeness (QED) is 0.0818. The summed E-state index contributed by atoms with van der Waals surface area (Å²) in [5, 5.41) is 10.5. The standard InChI is InChI=1S/C51H52BrClO7/c1-2-36-23-25-37(26-24-36)29-42-30-43(47(56-28-27-54)45(52)46(42)53)48-50(58-33-40-19-11-5-12-20-40)51(59-34-41-21-13-6-14-22-41)49(57-32-39-17-9-4-10-18-39)44(60-48)35-55-31-38-15-7-3-8-16-38/h3-26,30,44,48-51,54H,2,27-29,31-35H2,1H3/t44-,48?,49-,50+,51+/m1/s1. The summed E-state index contributed by atoms with van der Waals surface area (Å²) < 4.78 is 41.6. The van der Waals surface area contributed by atoms with E-state index in [-0.39, 0.29) is 26.4 Å². The Morgan fingerprint density at radius 1 is 0.600 bits per heavy atom. The molecule has 312 valence electrons. The van der Waals surface area contributed by atoms with Crippen molar-refractivity contribution < 1.29 is 33.5 Å². The van der Waals surface area contributed by atoms with E-state index in [1.807, 2.05) is 121 Å². The first-order chi connectivity index (χ1) is 29.5. The van der Waals surface area contributed by atoms with Gasteiger partial charge in [0.1, 0.15) is 42.9 Å². The van der Waals surface area contributed by atoms with Crippen molar-refractivity contribution in [2.24, 2.45) is 0 Å². The van der Waals surface area contributed by atoms with Gasteiger partial charge in [-0.05, 0) is 73.8 Å². The molecule has 7 nitrogen and oxygen atoms in total. The number of aliphatic hydroxyl groups is 1. The Kier molecular flexibility index (Phi) is 16.4. The Labute approximate surface area is 367 Å². The topological polar surface area (TPSA) is 75.6 Å². The van der Waals surface area contributed by atoms with Crippen molar-refractivity contribution in [2.45, 2.75) is 76.7 Å². The molecular weight excluding hydrogens is 840 g/mol. The van der Waals surface area contributed by atoms with Gasteiger partial charge in [-0.1, -0.05) is 164 Å². The Hall–Kier alpha value is -4.35. The molecule has 1 aliphatic rings. The second kappa shape index (κ2) is 22.5. The van der Waals surface area contributed by atoms with E-state index in [9.17, 15) is 5.11 Å². The third kappa shape index (κ3) is 11.7. The van der Waals surface area contributed by atoms with Crippen molar-refractivity contribution in [3.63, 3.8) is 0 Å². The summed E-state index contributed by atoms with van der Waals surface area (Å²) in [6.45, 7) is 3.51. The minimum atomic E-state index is -0.750. The van der Waals surface area contributed by atoms with Crippen molar-refractivity contribution in [3.8, 4) is 5.75 Å². The smallest absolute Gasteiger partial charge is 0.141 e. The van der Waals surface area contributed by atoms with Gasteiger partial charge < -0.3 is 33.5 Å². The molecule has 1 unspecified atom stereocenters. The fraction of sp³-hybridized carbons (Fsp3) is 0.294. The minimum Gasteiger partial charge on any atom is -0.490 e. The fourth-order valence-corrected chi connectivity index (χ4v) is 8.28. The van der Waals surface area contributed by atoms with Gasteiger partial charge in [0.2, 0.25) is 0 Å². The van der Waals surface area contributed by atoms with E-state index in [2.05, 4.69) is 53.2 Å². The lowest BCUT2D eigenvalue weighted by Gasteiger charge is -2.47. The highest BCUT2D eigenvalue weighted by Gasteiger charge is 2.50. The molecule has 1 heterocycles. The van der Waals surface area contributed by atoms with Crippen LogP contribution in [0.1, 0.15) is 57.5 Å². The number of aryl methyl sites for hydroxylation is 1. The van der Waals surface area contributed by atoms with Crippen molar-refractivity contribution in [3.05, 3.63) is 206 Å². The first-order valence-electron chi connectivity index (χ1n) is 20.6. The predicted molar refractivity (Wildman–Crippen MR) is 239 cm³/mol. The van der Waals surface area contributed by atoms with Gasteiger partial charge in [-0.3, -0.25) is 0 Å². The Morgan fingerprint density at radius 2 is 1.08 bits per heavy atom. The lowest BCUT2D eigenvalue weighted by Crippen LogP contribution is -2.58. The Balaban J connectivity index is 1.34. The highest BCUT2D eigenvalue weighted by Crippen LogP contribution is 2.47. The molecule has 6 aromatic carbocycles. The molecule has 7 rings (SSSR count). The fourth-order valence-electron chi connectivity index (χ4n) is 7.47. The Bertz CT molecular complexity index is 2180. The monoisotopic (exact) mass is 890 g/mol. The second-order valence-corrected chi connectivity index (χ2v) is 16.1. The maximum atomic E-state index is 10.0. The summed E-state index contributed by atoms with van der Waals surface area (Å²) in [5.41, 5.74) is 8.04. The highest BCUT2D eigenvalue weighted by atomic mass is 79.9. The molecule has 0 amide bonds. The lowest BCUT2D eigenvalue weighted by atomic mass is 9.88. The number of ether oxygens (including phenoxy) is 6. The summed E-state index contributed by atoms with van der Waals surface area (Å²) in [4.78, 5) is 0. The van der Waals surface area contributed by atoms with Gasteiger partial charge in [0, 0.05) is 5.56 Å². The summed E-state index contributed by atoms with van der Waals surface area (Å²) in [6.07, 6.45) is -1.80. The van der Waals surface area contributed by atoms with Crippen LogP contribution >= 0.6 is 27.5 Å². The van der Waals surface area contributed by atoms with Crippen LogP contribution in [-0.4, -0.2) is 49.3 Å². The van der Waals surface area contributed by atoms with Crippen LogP contribution in [0.15, 0.2) is 156 Å². The zero-order valence-corrected chi connectivity index (χ0v) is 36.2. The molecule has 0 aromatic heterocycles. The van der Waals surface area contributed by atoms with Crippen LogP contribution < -0.4 is 4.74 Å². The predicted octanol–water partition coefficient (Wildman–Crippen LogP) is 11.0. The van der Waals surface area contributed by atoms with E-state index in [0.717, 1.165) is 39.8 Å². The third-order valence-electron chi connectivity index (χ3n) is 10.6. The Morgan fingerprint density at radius 3 is 1.60 bits per heavy atom.